The number of ether oxygens (including phenoxy) is 1. The van der Waals surface area contributed by atoms with Gasteiger partial charge in [0.2, 0.25) is 0 Å². The van der Waals surface area contributed by atoms with Gasteiger partial charge in [0.25, 0.3) is 11.8 Å². The second-order valence-corrected chi connectivity index (χ2v) is 8.52. The summed E-state index contributed by atoms with van der Waals surface area (Å²) in [5.74, 6) is 0.405. The molecule has 0 saturated heterocycles. The van der Waals surface area contributed by atoms with Gasteiger partial charge in [-0.2, -0.15) is 0 Å². The predicted octanol–water partition coefficient (Wildman–Crippen LogP) is 4.78. The first-order valence-electron chi connectivity index (χ1n) is 11.1. The van der Waals surface area contributed by atoms with E-state index in [1.54, 1.807) is 24.3 Å². The Bertz CT molecular complexity index is 1050. The van der Waals surface area contributed by atoms with Crippen molar-refractivity contribution >= 4 is 41.2 Å². The summed E-state index contributed by atoms with van der Waals surface area (Å²) in [5, 5.41) is 6.54. The lowest BCUT2D eigenvalue weighted by Crippen LogP contribution is -2.34. The minimum atomic E-state index is -0.229. The fraction of sp³-hybridized carbons (Fsp3) is 0.320. The number of para-hydroxylation sites is 1. The van der Waals surface area contributed by atoms with E-state index in [-0.39, 0.29) is 24.2 Å². The van der Waals surface area contributed by atoms with Crippen molar-refractivity contribution in [3.8, 4) is 5.75 Å². The maximum Gasteiger partial charge on any atom is 0.267 e. The van der Waals surface area contributed by atoms with Crippen LogP contribution in [0.2, 0.25) is 0 Å². The number of aryl methyl sites for hydroxylation is 1. The van der Waals surface area contributed by atoms with Gasteiger partial charge in [-0.1, -0.05) is 32.0 Å². The third-order valence-electron chi connectivity index (χ3n) is 5.17. The molecule has 1 heterocycles. The Balaban J connectivity index is 0.00000408. The van der Waals surface area contributed by atoms with Gasteiger partial charge in [-0.25, -0.2) is 4.98 Å². The summed E-state index contributed by atoms with van der Waals surface area (Å²) in [6.07, 6.45) is 0. The molecule has 182 valence electrons. The Morgan fingerprint density at radius 1 is 1.00 bits per heavy atom. The van der Waals surface area contributed by atoms with Gasteiger partial charge < -0.3 is 20.3 Å². The number of hydrogen-bond donors (Lipinski definition) is 2. The standard InChI is InChI=1S/C25H30N4O3S.ClH/c1-4-29(5-2)16-15-26-24(30)19-11-13-20(14-12-19)28-25(31)23-18(3)27-22(33-23)17-32-21-9-7-6-8-10-21;/h6-14H,4-5,15-17H2,1-3H3,(H,26,30)(H,28,31);1H. The van der Waals surface area contributed by atoms with Crippen molar-refractivity contribution in [1.29, 1.82) is 0 Å². The molecule has 2 amide bonds. The third-order valence-corrected chi connectivity index (χ3v) is 6.30. The molecule has 3 rings (SSSR count). The van der Waals surface area contributed by atoms with Crippen LogP contribution in [0.4, 0.5) is 5.69 Å². The van der Waals surface area contributed by atoms with Crippen LogP contribution in [0.5, 0.6) is 5.75 Å². The highest BCUT2D eigenvalue weighted by molar-refractivity contribution is 7.13. The fourth-order valence-corrected chi connectivity index (χ4v) is 4.12. The number of aromatic nitrogens is 1. The van der Waals surface area contributed by atoms with E-state index in [2.05, 4.69) is 34.4 Å². The van der Waals surface area contributed by atoms with E-state index in [1.807, 2.05) is 37.3 Å². The molecular formula is C25H31ClN4O3S. The van der Waals surface area contributed by atoms with Crippen LogP contribution in [0.25, 0.3) is 0 Å². The normalized spacial score (nSPS) is 10.5. The smallest absolute Gasteiger partial charge is 0.267 e. The number of hydrogen-bond acceptors (Lipinski definition) is 6. The van der Waals surface area contributed by atoms with Crippen LogP contribution in [0.3, 0.4) is 0 Å². The van der Waals surface area contributed by atoms with Crippen molar-refractivity contribution in [3.63, 3.8) is 0 Å². The van der Waals surface area contributed by atoms with Crippen LogP contribution in [0.1, 0.15) is 44.6 Å². The fourth-order valence-electron chi connectivity index (χ4n) is 3.25. The average molecular weight is 503 g/mol. The summed E-state index contributed by atoms with van der Waals surface area (Å²) in [6.45, 7) is 9.66. The summed E-state index contributed by atoms with van der Waals surface area (Å²) in [5.41, 5.74) is 1.84. The number of nitrogens with zero attached hydrogens (tertiary/aromatic N) is 2. The maximum atomic E-state index is 12.7. The summed E-state index contributed by atoms with van der Waals surface area (Å²) < 4.78 is 5.72. The van der Waals surface area contributed by atoms with E-state index < -0.39 is 0 Å². The van der Waals surface area contributed by atoms with Gasteiger partial charge >= 0.3 is 0 Å². The summed E-state index contributed by atoms with van der Waals surface area (Å²) in [7, 11) is 0. The van der Waals surface area contributed by atoms with E-state index in [4.69, 9.17) is 4.74 Å². The summed E-state index contributed by atoms with van der Waals surface area (Å²) >= 11 is 1.31. The lowest BCUT2D eigenvalue weighted by Gasteiger charge is -2.17. The molecule has 1 aromatic heterocycles. The van der Waals surface area contributed by atoms with Gasteiger partial charge in [-0.15, -0.1) is 23.7 Å². The molecule has 0 spiro atoms. The minimum Gasteiger partial charge on any atom is -0.486 e. The highest BCUT2D eigenvalue weighted by Gasteiger charge is 2.16. The highest BCUT2D eigenvalue weighted by atomic mass is 35.5. The van der Waals surface area contributed by atoms with Crippen LogP contribution in [-0.2, 0) is 6.61 Å². The van der Waals surface area contributed by atoms with Gasteiger partial charge in [0.05, 0.1) is 5.69 Å². The number of likely N-dealkylation sites (N-methyl/N-ethyl adjacent to an activating group) is 1. The molecule has 2 aromatic carbocycles. The quantitative estimate of drug-likeness (QED) is 0.394. The number of carbonyl (C=O) groups excluding carboxylic acids is 2. The molecule has 9 heteroatoms. The molecule has 0 radical (unpaired) electrons. The van der Waals surface area contributed by atoms with E-state index in [1.165, 1.54) is 11.3 Å². The lowest BCUT2D eigenvalue weighted by atomic mass is 10.2. The molecule has 0 unspecified atom stereocenters. The first-order chi connectivity index (χ1) is 16.0. The highest BCUT2D eigenvalue weighted by Crippen LogP contribution is 2.22. The molecular weight excluding hydrogens is 472 g/mol. The van der Waals surface area contributed by atoms with Crippen LogP contribution in [0, 0.1) is 6.92 Å². The Morgan fingerprint density at radius 2 is 1.68 bits per heavy atom. The van der Waals surface area contributed by atoms with Crippen molar-refractivity contribution in [2.75, 3.05) is 31.5 Å². The average Bonchev–Trinajstić information content (AvgIpc) is 3.22. The first-order valence-corrected chi connectivity index (χ1v) is 11.9. The van der Waals surface area contributed by atoms with E-state index in [0.29, 0.717) is 35.0 Å². The third kappa shape index (κ3) is 7.83. The van der Waals surface area contributed by atoms with E-state index in [0.717, 1.165) is 30.4 Å². The molecule has 2 N–H and O–H groups in total. The summed E-state index contributed by atoms with van der Waals surface area (Å²) in [4.78, 5) is 32.3. The van der Waals surface area contributed by atoms with Crippen LogP contribution in [-0.4, -0.2) is 47.9 Å². The molecule has 0 fully saturated rings. The molecule has 0 aliphatic carbocycles. The molecule has 0 atom stereocenters. The Hall–Kier alpha value is -2.94. The van der Waals surface area contributed by atoms with Gasteiger partial charge in [0.15, 0.2) is 0 Å². The minimum absolute atomic E-state index is 0. The molecule has 0 saturated carbocycles. The molecule has 0 bridgehead atoms. The van der Waals surface area contributed by atoms with E-state index >= 15 is 0 Å². The molecule has 0 aliphatic rings. The SMILES string of the molecule is CCN(CC)CCNC(=O)c1ccc(NC(=O)c2sc(COc3ccccc3)nc2C)cc1.Cl. The number of thiazole rings is 1. The Morgan fingerprint density at radius 3 is 2.32 bits per heavy atom. The second-order valence-electron chi connectivity index (χ2n) is 7.44. The lowest BCUT2D eigenvalue weighted by molar-refractivity contribution is 0.0948. The van der Waals surface area contributed by atoms with Crippen molar-refractivity contribution < 1.29 is 14.3 Å². The number of nitrogens with one attached hydrogen (secondary N) is 2. The predicted molar refractivity (Wildman–Crippen MR) is 139 cm³/mol. The number of halogens is 1. The topological polar surface area (TPSA) is 83.6 Å². The number of rotatable bonds is 11. The van der Waals surface area contributed by atoms with Crippen molar-refractivity contribution in [1.82, 2.24) is 15.2 Å². The number of benzene rings is 2. The van der Waals surface area contributed by atoms with Gasteiger partial charge in [-0.3, -0.25) is 9.59 Å². The Kier molecular flexibility index (Phi) is 11.0. The van der Waals surface area contributed by atoms with Crippen LogP contribution >= 0.6 is 23.7 Å². The van der Waals surface area contributed by atoms with Gasteiger partial charge in [0.1, 0.15) is 22.2 Å². The van der Waals surface area contributed by atoms with E-state index in [9.17, 15) is 9.59 Å². The molecule has 7 nitrogen and oxygen atoms in total. The van der Waals surface area contributed by atoms with Crippen molar-refractivity contribution in [3.05, 3.63) is 75.7 Å². The number of carbonyl (C=O) groups is 2. The number of anilines is 1. The van der Waals surface area contributed by atoms with Crippen LogP contribution < -0.4 is 15.4 Å². The van der Waals surface area contributed by atoms with Crippen LogP contribution in [0.15, 0.2) is 54.6 Å². The molecule has 0 aliphatic heterocycles. The molecule has 3 aromatic rings. The van der Waals surface area contributed by atoms with Gasteiger partial charge in [0, 0.05) is 24.3 Å². The van der Waals surface area contributed by atoms with Crippen molar-refractivity contribution in [2.24, 2.45) is 0 Å². The first kappa shape index (κ1) is 27.3. The number of amides is 2. The maximum absolute atomic E-state index is 12.7. The monoisotopic (exact) mass is 502 g/mol. The zero-order valence-electron chi connectivity index (χ0n) is 19.7. The molecule has 34 heavy (non-hydrogen) atoms. The summed E-state index contributed by atoms with van der Waals surface area (Å²) in [6, 6.07) is 16.4. The van der Waals surface area contributed by atoms with Gasteiger partial charge in [-0.05, 0) is 56.4 Å². The Labute approximate surface area is 211 Å². The zero-order valence-corrected chi connectivity index (χ0v) is 21.3. The van der Waals surface area contributed by atoms with Crippen molar-refractivity contribution in [2.45, 2.75) is 27.4 Å². The zero-order chi connectivity index (χ0) is 23.6. The largest absolute Gasteiger partial charge is 0.486 e. The second kappa shape index (κ2) is 13.7.